The normalized spacial score (nSPS) is 14.1. The maximum Gasteiger partial charge on any atom is 0.0905 e. The first-order valence-electron chi connectivity index (χ1n) is 1.88. The van der Waals surface area contributed by atoms with Crippen molar-refractivity contribution < 1.29 is 10.2 Å². The van der Waals surface area contributed by atoms with E-state index in [0.717, 1.165) is 0 Å². The second-order valence-electron chi connectivity index (χ2n) is 1.15. The molecule has 0 amide bonds. The van der Waals surface area contributed by atoms with Crippen molar-refractivity contribution in [3.63, 3.8) is 0 Å². The van der Waals surface area contributed by atoms with E-state index in [1.807, 2.05) is 0 Å². The quantitative estimate of drug-likeness (QED) is 0.391. The molecule has 0 aromatic heterocycles. The van der Waals surface area contributed by atoms with Crippen molar-refractivity contribution >= 4 is 22.5 Å². The Morgan fingerprint density at radius 1 is 1.71 bits per heavy atom. The van der Waals surface area contributed by atoms with Crippen LogP contribution in [0.2, 0.25) is 0 Å². The lowest BCUT2D eigenvalue weighted by molar-refractivity contribution is 0.114. The Hall–Kier alpha value is 0.620. The van der Waals surface area contributed by atoms with Gasteiger partial charge in [0.05, 0.1) is 29.3 Å². The minimum atomic E-state index is -0.581. The van der Waals surface area contributed by atoms with E-state index in [4.69, 9.17) is 10.2 Å². The van der Waals surface area contributed by atoms with Gasteiger partial charge in [-0.1, -0.05) is 0 Å². The number of rotatable bonds is 3. The first-order valence-corrected chi connectivity index (χ1v) is 4.09. The molecular weight excluding hydrogens is 132 g/mol. The third-order valence-corrected chi connectivity index (χ3v) is 1.54. The molecule has 0 radical (unpaired) electrons. The molecule has 1 atom stereocenters. The molecule has 0 saturated carbocycles. The standard InChI is InChI=1S/C3H8O2S2/c4-1-3(5)2-7-6/h3-6H,1-2H2/p+1/t3-/m1/s1. The molecule has 0 aromatic rings. The van der Waals surface area contributed by atoms with Crippen LogP contribution < -0.4 is 0 Å². The lowest BCUT2D eigenvalue weighted by Gasteiger charge is -1.97. The van der Waals surface area contributed by atoms with Crippen LogP contribution in [0.25, 0.3) is 0 Å². The number of aliphatic hydroxyl groups excluding tert-OH is 2. The van der Waals surface area contributed by atoms with E-state index in [0.29, 0.717) is 5.75 Å². The molecule has 4 heteroatoms. The van der Waals surface area contributed by atoms with E-state index < -0.39 is 6.10 Å². The second-order valence-corrected chi connectivity index (χ2v) is 2.64. The van der Waals surface area contributed by atoms with Gasteiger partial charge in [-0.25, -0.2) is 0 Å². The van der Waals surface area contributed by atoms with E-state index >= 15 is 0 Å². The van der Waals surface area contributed by atoms with Crippen LogP contribution in [-0.2, 0) is 11.7 Å². The Morgan fingerprint density at radius 3 is 2.43 bits per heavy atom. The summed E-state index contributed by atoms with van der Waals surface area (Å²) in [5.74, 6) is 0.535. The van der Waals surface area contributed by atoms with Crippen molar-refractivity contribution in [3.8, 4) is 0 Å². The van der Waals surface area contributed by atoms with E-state index in [1.54, 1.807) is 0 Å². The first kappa shape index (κ1) is 7.62. The highest BCUT2D eigenvalue weighted by Crippen LogP contribution is 1.95. The minimum absolute atomic E-state index is 0.155. The largest absolute Gasteiger partial charge is 0.394 e. The highest BCUT2D eigenvalue weighted by Gasteiger charge is 2.00. The molecule has 0 aromatic carbocycles. The van der Waals surface area contributed by atoms with Crippen LogP contribution in [-0.4, -0.2) is 28.7 Å². The van der Waals surface area contributed by atoms with Gasteiger partial charge in [0.25, 0.3) is 0 Å². The van der Waals surface area contributed by atoms with Crippen LogP contribution in [0.1, 0.15) is 0 Å². The molecule has 0 saturated heterocycles. The third kappa shape index (κ3) is 4.47. The van der Waals surface area contributed by atoms with Crippen molar-refractivity contribution in [3.05, 3.63) is 0 Å². The average Bonchev–Trinajstić information content (AvgIpc) is 1.68. The van der Waals surface area contributed by atoms with E-state index in [1.165, 1.54) is 10.8 Å². The zero-order chi connectivity index (χ0) is 5.70. The number of aliphatic hydroxyl groups is 2. The van der Waals surface area contributed by atoms with E-state index in [-0.39, 0.29) is 6.61 Å². The van der Waals surface area contributed by atoms with Gasteiger partial charge >= 0.3 is 0 Å². The van der Waals surface area contributed by atoms with Gasteiger partial charge in [0.15, 0.2) is 0 Å². The zero-order valence-electron chi connectivity index (χ0n) is 3.79. The average molecular weight is 141 g/mol. The molecule has 0 spiro atoms. The summed E-state index contributed by atoms with van der Waals surface area (Å²) in [6.07, 6.45) is -0.581. The molecule has 0 heterocycles. The first-order chi connectivity index (χ1) is 3.31. The maximum absolute atomic E-state index is 8.56. The minimum Gasteiger partial charge on any atom is -0.394 e. The highest BCUT2D eigenvalue weighted by atomic mass is 33.1. The van der Waals surface area contributed by atoms with Crippen molar-refractivity contribution in [1.29, 1.82) is 0 Å². The molecule has 0 aliphatic heterocycles. The summed E-state index contributed by atoms with van der Waals surface area (Å²) in [6, 6.07) is 0. The summed E-state index contributed by atoms with van der Waals surface area (Å²) in [6.45, 7) is -0.155. The molecule has 2 N–H and O–H groups in total. The van der Waals surface area contributed by atoms with Gasteiger partial charge < -0.3 is 10.2 Å². The van der Waals surface area contributed by atoms with Crippen LogP contribution in [0.15, 0.2) is 0 Å². The molecule has 2 nitrogen and oxygen atoms in total. The fourth-order valence-corrected chi connectivity index (χ4v) is 1.02. The Kier molecular flexibility index (Phi) is 5.19. The molecule has 0 unspecified atom stereocenters. The Bertz CT molecular complexity index is 41.9. The van der Waals surface area contributed by atoms with Crippen molar-refractivity contribution in [2.45, 2.75) is 6.10 Å². The fraction of sp³-hybridized carbons (Fsp3) is 1.00. The summed E-state index contributed by atoms with van der Waals surface area (Å²) in [4.78, 5) is 0. The highest BCUT2D eigenvalue weighted by molar-refractivity contribution is 8.59. The van der Waals surface area contributed by atoms with Crippen LogP contribution in [0.4, 0.5) is 0 Å². The predicted molar refractivity (Wildman–Crippen MR) is 35.7 cm³/mol. The van der Waals surface area contributed by atoms with Gasteiger partial charge in [-0.2, -0.15) is 0 Å². The topological polar surface area (TPSA) is 40.5 Å². The van der Waals surface area contributed by atoms with Crippen LogP contribution in [0.3, 0.4) is 0 Å². The van der Waals surface area contributed by atoms with Gasteiger partial charge in [-0.3, -0.25) is 0 Å². The molecular formula is C3H9O2S2+. The summed E-state index contributed by atoms with van der Waals surface area (Å²) in [5, 5.41) is 16.7. The van der Waals surface area contributed by atoms with Gasteiger partial charge in [0.2, 0.25) is 0 Å². The number of hydrogen-bond donors (Lipinski definition) is 2. The van der Waals surface area contributed by atoms with Crippen LogP contribution in [0.5, 0.6) is 0 Å². The molecule has 0 aliphatic rings. The zero-order valence-corrected chi connectivity index (χ0v) is 5.61. The maximum atomic E-state index is 8.56. The summed E-state index contributed by atoms with van der Waals surface area (Å²) in [5.41, 5.74) is 0. The SMILES string of the molecule is OC[C@@H](O)CS[SH2+]. The lowest BCUT2D eigenvalue weighted by atomic mass is 10.4. The summed E-state index contributed by atoms with van der Waals surface area (Å²) < 4.78 is 0. The van der Waals surface area contributed by atoms with Gasteiger partial charge in [-0.05, 0) is 0 Å². The molecule has 7 heavy (non-hydrogen) atoms. The monoisotopic (exact) mass is 141 g/mol. The summed E-state index contributed by atoms with van der Waals surface area (Å²) >= 11 is 3.08. The molecule has 0 rings (SSSR count). The number of hydrogen-bond acceptors (Lipinski definition) is 3. The van der Waals surface area contributed by atoms with Crippen LogP contribution >= 0.6 is 10.8 Å². The lowest BCUT2D eigenvalue weighted by Crippen LogP contribution is -2.13. The smallest absolute Gasteiger partial charge is 0.0905 e. The van der Waals surface area contributed by atoms with E-state index in [2.05, 4.69) is 11.7 Å². The molecule has 0 bridgehead atoms. The molecule has 0 fully saturated rings. The van der Waals surface area contributed by atoms with Crippen molar-refractivity contribution in [2.24, 2.45) is 0 Å². The molecule has 44 valence electrons. The van der Waals surface area contributed by atoms with Gasteiger partial charge in [0, 0.05) is 11.7 Å². The molecule has 0 aliphatic carbocycles. The van der Waals surface area contributed by atoms with Gasteiger partial charge in [0.1, 0.15) is 0 Å². The van der Waals surface area contributed by atoms with Crippen LogP contribution in [0, 0.1) is 0 Å². The van der Waals surface area contributed by atoms with Gasteiger partial charge in [-0.15, -0.1) is 0 Å². The Morgan fingerprint density at radius 2 is 2.29 bits per heavy atom. The third-order valence-electron chi connectivity index (χ3n) is 0.486. The summed E-state index contributed by atoms with van der Waals surface area (Å²) in [7, 11) is 1.33. The second kappa shape index (κ2) is 4.77. The van der Waals surface area contributed by atoms with E-state index in [9.17, 15) is 0 Å². The Labute approximate surface area is 51.7 Å². The fourth-order valence-electron chi connectivity index (χ4n) is 0.149. The van der Waals surface area contributed by atoms with Crippen molar-refractivity contribution in [2.75, 3.05) is 12.4 Å². The Balaban J connectivity index is 2.83. The predicted octanol–water partition coefficient (Wildman–Crippen LogP) is -1.00. The van der Waals surface area contributed by atoms with Crippen molar-refractivity contribution in [1.82, 2.24) is 0 Å².